The zero-order valence-corrected chi connectivity index (χ0v) is 24.9. The van der Waals surface area contributed by atoms with Crippen molar-refractivity contribution < 1.29 is 27.4 Å². The first-order valence-corrected chi connectivity index (χ1v) is 14.9. The van der Waals surface area contributed by atoms with Gasteiger partial charge in [0, 0.05) is 48.9 Å². The minimum absolute atomic E-state index is 0.0137. The monoisotopic (exact) mass is 599 g/mol. The number of benzene rings is 3. The number of amides is 1. The van der Waals surface area contributed by atoms with Gasteiger partial charge in [-0.15, -0.1) is 0 Å². The van der Waals surface area contributed by atoms with Gasteiger partial charge in [-0.3, -0.25) is 4.79 Å². The molecule has 41 heavy (non-hydrogen) atoms. The van der Waals surface area contributed by atoms with E-state index in [1.165, 1.54) is 31.4 Å². The van der Waals surface area contributed by atoms with Crippen LogP contribution in [0.4, 0.5) is 0 Å². The van der Waals surface area contributed by atoms with E-state index in [-0.39, 0.29) is 37.0 Å². The topological polar surface area (TPSA) is 101 Å². The Morgan fingerprint density at radius 1 is 0.927 bits per heavy atom. The van der Waals surface area contributed by atoms with E-state index in [9.17, 15) is 13.2 Å². The van der Waals surface area contributed by atoms with Gasteiger partial charge in [0.2, 0.25) is 15.9 Å². The average Bonchev–Trinajstić information content (AvgIpc) is 3.40. The molecule has 1 amide bonds. The van der Waals surface area contributed by atoms with Crippen molar-refractivity contribution in [3.63, 3.8) is 0 Å². The highest BCUT2D eigenvalue weighted by Gasteiger charge is 2.28. The molecular weight excluding hydrogens is 566 g/mol. The number of carbonyl (C=O) groups is 1. The van der Waals surface area contributed by atoms with Crippen LogP contribution < -0.4 is 9.47 Å². The second-order valence-electron chi connectivity index (χ2n) is 9.40. The molecule has 9 nitrogen and oxygen atoms in total. The van der Waals surface area contributed by atoms with Crippen LogP contribution >= 0.6 is 11.6 Å². The average molecular weight is 600 g/mol. The Morgan fingerprint density at radius 3 is 2.37 bits per heavy atom. The van der Waals surface area contributed by atoms with E-state index in [1.54, 1.807) is 25.2 Å². The van der Waals surface area contributed by atoms with E-state index in [0.29, 0.717) is 29.5 Å². The fourth-order valence-corrected chi connectivity index (χ4v) is 6.07. The molecule has 11 heteroatoms. The van der Waals surface area contributed by atoms with Crippen molar-refractivity contribution >= 4 is 38.4 Å². The summed E-state index contributed by atoms with van der Waals surface area (Å²) in [5, 5.41) is 1.50. The van der Waals surface area contributed by atoms with E-state index in [4.69, 9.17) is 25.8 Å². The van der Waals surface area contributed by atoms with Gasteiger partial charge in [-0.1, -0.05) is 35.9 Å². The first-order valence-electron chi connectivity index (χ1n) is 13.0. The lowest BCUT2D eigenvalue weighted by molar-refractivity contribution is -0.132. The number of hydrogen-bond acceptors (Lipinski definition) is 6. The number of ether oxygens (including phenoxy) is 3. The number of nitrogens with zero attached hydrogens (tertiary/aromatic N) is 2. The third-order valence-electron chi connectivity index (χ3n) is 6.81. The molecule has 0 aliphatic rings. The normalized spacial score (nSPS) is 11.6. The van der Waals surface area contributed by atoms with Crippen LogP contribution in [0.3, 0.4) is 0 Å². The number of rotatable bonds is 14. The Morgan fingerprint density at radius 2 is 1.66 bits per heavy atom. The molecule has 1 N–H and O–H groups in total. The highest BCUT2D eigenvalue weighted by molar-refractivity contribution is 7.89. The van der Waals surface area contributed by atoms with Gasteiger partial charge in [-0.25, -0.2) is 8.42 Å². The molecule has 1 heterocycles. The standard InChI is InChI=1S/C30H34ClN3O6S/c1-38-17-16-34(41(36,37)25-11-9-24(31)10-12-25)21-30(35)33(20-22-8-13-28(39-2)29(18-22)40-3)15-14-23-19-32-27-7-5-4-6-26(23)27/h4-13,18-19,32H,14-17,20-21H2,1-3H3. The van der Waals surface area contributed by atoms with Crippen molar-refractivity contribution in [1.82, 2.24) is 14.2 Å². The number of hydrogen-bond donors (Lipinski definition) is 1. The zero-order chi connectivity index (χ0) is 29.4. The predicted molar refractivity (Wildman–Crippen MR) is 159 cm³/mol. The highest BCUT2D eigenvalue weighted by atomic mass is 35.5. The van der Waals surface area contributed by atoms with Crippen molar-refractivity contribution in [3.8, 4) is 11.5 Å². The maximum absolute atomic E-state index is 13.8. The van der Waals surface area contributed by atoms with E-state index < -0.39 is 10.0 Å². The molecule has 0 spiro atoms. The summed E-state index contributed by atoms with van der Waals surface area (Å²) in [6.45, 7) is 0.412. The van der Waals surface area contributed by atoms with Crippen molar-refractivity contribution in [3.05, 3.63) is 89.1 Å². The number of fused-ring (bicyclic) bond motifs is 1. The van der Waals surface area contributed by atoms with Gasteiger partial charge in [-0.2, -0.15) is 4.31 Å². The van der Waals surface area contributed by atoms with Gasteiger partial charge in [0.15, 0.2) is 11.5 Å². The van der Waals surface area contributed by atoms with Crippen LogP contribution in [0.5, 0.6) is 11.5 Å². The van der Waals surface area contributed by atoms with Crippen LogP contribution in [0.15, 0.2) is 77.8 Å². The smallest absolute Gasteiger partial charge is 0.243 e. The molecule has 3 aromatic carbocycles. The highest BCUT2D eigenvalue weighted by Crippen LogP contribution is 2.28. The van der Waals surface area contributed by atoms with Crippen molar-refractivity contribution in [1.29, 1.82) is 0 Å². The quantitative estimate of drug-likeness (QED) is 0.225. The number of halogens is 1. The SMILES string of the molecule is COCCN(CC(=O)N(CCc1c[nH]c2ccccc12)Cc1ccc(OC)c(OC)c1)S(=O)(=O)c1ccc(Cl)cc1. The summed E-state index contributed by atoms with van der Waals surface area (Å²) in [7, 11) is 0.605. The van der Waals surface area contributed by atoms with Gasteiger partial charge in [0.25, 0.3) is 0 Å². The van der Waals surface area contributed by atoms with Crippen molar-refractivity contribution in [2.24, 2.45) is 0 Å². The molecule has 218 valence electrons. The summed E-state index contributed by atoms with van der Waals surface area (Å²) in [6, 6.07) is 19.3. The summed E-state index contributed by atoms with van der Waals surface area (Å²) < 4.78 is 44.2. The fourth-order valence-electron chi connectivity index (χ4n) is 4.57. The van der Waals surface area contributed by atoms with E-state index >= 15 is 0 Å². The second-order valence-corrected chi connectivity index (χ2v) is 11.8. The first-order chi connectivity index (χ1) is 19.8. The van der Waals surface area contributed by atoms with E-state index in [1.807, 2.05) is 42.6 Å². The number of nitrogens with one attached hydrogen (secondary N) is 1. The Kier molecular flexibility index (Phi) is 10.3. The molecule has 0 unspecified atom stereocenters. The zero-order valence-electron chi connectivity index (χ0n) is 23.3. The summed E-state index contributed by atoms with van der Waals surface area (Å²) in [6.07, 6.45) is 2.52. The number of carbonyl (C=O) groups excluding carboxylic acids is 1. The molecule has 1 aromatic heterocycles. The van der Waals surface area contributed by atoms with Gasteiger partial charge >= 0.3 is 0 Å². The molecule has 0 saturated carbocycles. The Bertz CT molecular complexity index is 1570. The fraction of sp³-hybridized carbons (Fsp3) is 0.300. The Labute approximate surface area is 245 Å². The van der Waals surface area contributed by atoms with Crippen LogP contribution in [-0.4, -0.2) is 76.1 Å². The van der Waals surface area contributed by atoms with Gasteiger partial charge in [-0.05, 0) is 60.0 Å². The number of para-hydroxylation sites is 1. The summed E-state index contributed by atoms with van der Waals surface area (Å²) >= 11 is 5.97. The minimum Gasteiger partial charge on any atom is -0.493 e. The number of methoxy groups -OCH3 is 3. The molecular formula is C30H34ClN3O6S. The third kappa shape index (κ3) is 7.39. The molecule has 0 radical (unpaired) electrons. The second kappa shape index (κ2) is 13.9. The minimum atomic E-state index is -3.99. The van der Waals surface area contributed by atoms with E-state index in [2.05, 4.69) is 4.98 Å². The Balaban J connectivity index is 1.61. The lowest BCUT2D eigenvalue weighted by Crippen LogP contribution is -2.44. The van der Waals surface area contributed by atoms with Gasteiger partial charge in [0.1, 0.15) is 0 Å². The lowest BCUT2D eigenvalue weighted by Gasteiger charge is -2.27. The number of sulfonamides is 1. The van der Waals surface area contributed by atoms with Gasteiger partial charge < -0.3 is 24.1 Å². The lowest BCUT2D eigenvalue weighted by atomic mass is 10.1. The number of aromatic amines is 1. The molecule has 0 atom stereocenters. The van der Waals surface area contributed by atoms with Crippen LogP contribution in [0, 0.1) is 0 Å². The van der Waals surface area contributed by atoms with Gasteiger partial charge in [0.05, 0.1) is 32.3 Å². The number of H-pyrrole nitrogens is 1. The molecule has 0 saturated heterocycles. The first kappa shape index (κ1) is 30.4. The third-order valence-corrected chi connectivity index (χ3v) is 8.92. The van der Waals surface area contributed by atoms with Crippen LogP contribution in [-0.2, 0) is 32.5 Å². The summed E-state index contributed by atoms with van der Waals surface area (Å²) in [5.74, 6) is 0.780. The molecule has 4 rings (SSSR count). The molecule has 0 bridgehead atoms. The maximum atomic E-state index is 13.8. The molecule has 4 aromatic rings. The molecule has 0 aliphatic carbocycles. The summed E-state index contributed by atoms with van der Waals surface area (Å²) in [4.78, 5) is 18.8. The summed E-state index contributed by atoms with van der Waals surface area (Å²) in [5.41, 5.74) is 2.90. The van der Waals surface area contributed by atoms with Crippen LogP contribution in [0.2, 0.25) is 5.02 Å². The predicted octanol–water partition coefficient (Wildman–Crippen LogP) is 4.75. The molecule has 0 fully saturated rings. The van der Waals surface area contributed by atoms with Crippen LogP contribution in [0.1, 0.15) is 11.1 Å². The van der Waals surface area contributed by atoms with E-state index in [0.717, 1.165) is 26.3 Å². The van der Waals surface area contributed by atoms with Crippen LogP contribution in [0.25, 0.3) is 10.9 Å². The Hall–Kier alpha value is -3.57. The largest absolute Gasteiger partial charge is 0.493 e. The maximum Gasteiger partial charge on any atom is 0.243 e. The van der Waals surface area contributed by atoms with Crippen molar-refractivity contribution in [2.75, 3.05) is 47.6 Å². The van der Waals surface area contributed by atoms with Crippen molar-refractivity contribution in [2.45, 2.75) is 17.9 Å². The molecule has 0 aliphatic heterocycles. The number of aromatic nitrogens is 1.